The quantitative estimate of drug-likeness (QED) is 0.716. The number of rotatable bonds is 7. The molecule has 0 saturated heterocycles. The summed E-state index contributed by atoms with van der Waals surface area (Å²) in [5, 5.41) is 16.8. The highest BCUT2D eigenvalue weighted by Gasteiger charge is 2.26. The molecular weight excluding hydrogens is 318 g/mol. The van der Waals surface area contributed by atoms with Crippen molar-refractivity contribution in [2.45, 2.75) is 39.3 Å². The molecule has 2 aromatic rings. The minimum atomic E-state index is -1.03. The molecule has 0 unspecified atom stereocenters. The third kappa shape index (κ3) is 5.00. The fourth-order valence-electron chi connectivity index (χ4n) is 2.51. The molecule has 25 heavy (non-hydrogen) atoms. The first-order valence-corrected chi connectivity index (χ1v) is 8.50. The normalized spacial score (nSPS) is 13.5. The van der Waals surface area contributed by atoms with Crippen LogP contribution in [0.2, 0.25) is 0 Å². The van der Waals surface area contributed by atoms with Crippen LogP contribution in [0.5, 0.6) is 0 Å². The molecule has 0 aliphatic carbocycles. The molecule has 1 aromatic carbocycles. The zero-order valence-corrected chi connectivity index (χ0v) is 14.8. The van der Waals surface area contributed by atoms with E-state index in [9.17, 15) is 14.7 Å². The van der Waals surface area contributed by atoms with E-state index in [0.717, 1.165) is 11.8 Å². The smallest absolute Gasteiger partial charge is 0.271 e. The highest BCUT2D eigenvalue weighted by atomic mass is 16.3. The largest absolute Gasteiger partial charge is 0.391 e. The van der Waals surface area contributed by atoms with Crippen LogP contribution in [0.25, 0.3) is 10.8 Å². The number of fused-ring (bicyclic) bond motifs is 1. The topological polar surface area (TPSA) is 91.3 Å². The minimum absolute atomic E-state index is 0.235. The van der Waals surface area contributed by atoms with Crippen molar-refractivity contribution < 1.29 is 14.7 Å². The van der Waals surface area contributed by atoms with Gasteiger partial charge in [-0.05, 0) is 30.7 Å². The molecule has 134 valence electrons. The third-order valence-corrected chi connectivity index (χ3v) is 3.96. The SMILES string of the molecule is CC(C)CCNC(=O)[C@@H](NC(=O)c1nccc2ccccc12)[C@@H](C)O. The number of nitrogens with zero attached hydrogens (tertiary/aromatic N) is 1. The molecule has 2 amide bonds. The highest BCUT2D eigenvalue weighted by molar-refractivity contribution is 6.06. The zero-order chi connectivity index (χ0) is 18.4. The second-order valence-electron chi connectivity index (χ2n) is 6.55. The first kappa shape index (κ1) is 18.9. The van der Waals surface area contributed by atoms with Crippen molar-refractivity contribution in [1.29, 1.82) is 0 Å². The number of hydrogen-bond donors (Lipinski definition) is 3. The van der Waals surface area contributed by atoms with E-state index in [-0.39, 0.29) is 5.69 Å². The Morgan fingerprint density at radius 1 is 1.16 bits per heavy atom. The van der Waals surface area contributed by atoms with Crippen molar-refractivity contribution in [1.82, 2.24) is 15.6 Å². The summed E-state index contributed by atoms with van der Waals surface area (Å²) < 4.78 is 0. The van der Waals surface area contributed by atoms with E-state index in [2.05, 4.69) is 29.5 Å². The first-order chi connectivity index (χ1) is 11.9. The number of carbonyl (C=O) groups is 2. The fourth-order valence-corrected chi connectivity index (χ4v) is 2.51. The Balaban J connectivity index is 2.13. The molecule has 0 fully saturated rings. The second-order valence-corrected chi connectivity index (χ2v) is 6.55. The van der Waals surface area contributed by atoms with Crippen LogP contribution in [0.3, 0.4) is 0 Å². The van der Waals surface area contributed by atoms with Gasteiger partial charge in [0.25, 0.3) is 5.91 Å². The molecule has 1 aromatic heterocycles. The van der Waals surface area contributed by atoms with E-state index in [1.165, 1.54) is 6.92 Å². The number of benzene rings is 1. The number of carbonyl (C=O) groups excluding carboxylic acids is 2. The molecule has 6 nitrogen and oxygen atoms in total. The summed E-state index contributed by atoms with van der Waals surface area (Å²) in [5.41, 5.74) is 0.235. The van der Waals surface area contributed by atoms with Gasteiger partial charge < -0.3 is 15.7 Å². The van der Waals surface area contributed by atoms with Gasteiger partial charge in [0.1, 0.15) is 11.7 Å². The van der Waals surface area contributed by atoms with Gasteiger partial charge in [-0.3, -0.25) is 14.6 Å². The Morgan fingerprint density at radius 2 is 1.88 bits per heavy atom. The molecule has 0 aliphatic heterocycles. The van der Waals surface area contributed by atoms with Crippen molar-refractivity contribution in [3.8, 4) is 0 Å². The number of aromatic nitrogens is 1. The van der Waals surface area contributed by atoms with Crippen LogP contribution in [-0.2, 0) is 4.79 Å². The molecule has 0 bridgehead atoms. The van der Waals surface area contributed by atoms with E-state index < -0.39 is 24.0 Å². The number of amides is 2. The summed E-state index contributed by atoms with van der Waals surface area (Å²) >= 11 is 0. The van der Waals surface area contributed by atoms with Gasteiger partial charge in [-0.15, -0.1) is 0 Å². The summed E-state index contributed by atoms with van der Waals surface area (Å²) in [6.45, 7) is 6.10. The number of nitrogens with one attached hydrogen (secondary N) is 2. The van der Waals surface area contributed by atoms with E-state index in [1.807, 2.05) is 24.3 Å². The monoisotopic (exact) mass is 343 g/mol. The van der Waals surface area contributed by atoms with E-state index in [4.69, 9.17) is 0 Å². The Bertz CT molecular complexity index is 738. The minimum Gasteiger partial charge on any atom is -0.391 e. The second kappa shape index (κ2) is 8.58. The van der Waals surface area contributed by atoms with Crippen molar-refractivity contribution >= 4 is 22.6 Å². The molecule has 3 N–H and O–H groups in total. The van der Waals surface area contributed by atoms with Gasteiger partial charge in [0.05, 0.1) is 6.10 Å². The van der Waals surface area contributed by atoms with Gasteiger partial charge in [-0.1, -0.05) is 38.1 Å². The predicted molar refractivity (Wildman–Crippen MR) is 97.1 cm³/mol. The van der Waals surface area contributed by atoms with Crippen LogP contribution >= 0.6 is 0 Å². The van der Waals surface area contributed by atoms with E-state index in [1.54, 1.807) is 12.3 Å². The molecule has 2 atom stereocenters. The third-order valence-electron chi connectivity index (χ3n) is 3.96. The van der Waals surface area contributed by atoms with Crippen molar-refractivity contribution in [3.05, 3.63) is 42.2 Å². The van der Waals surface area contributed by atoms with Crippen LogP contribution in [0, 0.1) is 5.92 Å². The lowest BCUT2D eigenvalue weighted by atomic mass is 10.1. The molecule has 2 rings (SSSR count). The van der Waals surface area contributed by atoms with Crippen molar-refractivity contribution in [2.24, 2.45) is 5.92 Å². The number of aliphatic hydroxyl groups is 1. The number of aliphatic hydroxyl groups excluding tert-OH is 1. The van der Waals surface area contributed by atoms with Gasteiger partial charge in [-0.25, -0.2) is 0 Å². The lowest BCUT2D eigenvalue weighted by molar-refractivity contribution is -0.125. The Morgan fingerprint density at radius 3 is 2.56 bits per heavy atom. The van der Waals surface area contributed by atoms with Crippen molar-refractivity contribution in [3.63, 3.8) is 0 Å². The van der Waals surface area contributed by atoms with Gasteiger partial charge in [0, 0.05) is 18.1 Å². The van der Waals surface area contributed by atoms with Gasteiger partial charge in [0.15, 0.2) is 0 Å². The Labute approximate surface area is 147 Å². The molecule has 6 heteroatoms. The average Bonchev–Trinajstić information content (AvgIpc) is 2.58. The van der Waals surface area contributed by atoms with Crippen LogP contribution in [0.1, 0.15) is 37.7 Å². The lowest BCUT2D eigenvalue weighted by Gasteiger charge is -2.21. The number of hydrogen-bond acceptors (Lipinski definition) is 4. The maximum Gasteiger partial charge on any atom is 0.271 e. The molecule has 0 saturated carbocycles. The van der Waals surface area contributed by atoms with E-state index >= 15 is 0 Å². The van der Waals surface area contributed by atoms with Crippen molar-refractivity contribution in [2.75, 3.05) is 6.54 Å². The lowest BCUT2D eigenvalue weighted by Crippen LogP contribution is -2.52. The first-order valence-electron chi connectivity index (χ1n) is 8.50. The highest BCUT2D eigenvalue weighted by Crippen LogP contribution is 2.16. The Kier molecular flexibility index (Phi) is 6.47. The molecule has 0 aliphatic rings. The van der Waals surface area contributed by atoms with Gasteiger partial charge in [-0.2, -0.15) is 0 Å². The predicted octanol–water partition coefficient (Wildman–Crippen LogP) is 1.88. The maximum absolute atomic E-state index is 12.6. The summed E-state index contributed by atoms with van der Waals surface area (Å²) in [6.07, 6.45) is 1.37. The fraction of sp³-hybridized carbons (Fsp3) is 0.421. The summed E-state index contributed by atoms with van der Waals surface area (Å²) in [5.74, 6) is -0.425. The summed E-state index contributed by atoms with van der Waals surface area (Å²) in [6, 6.07) is 8.18. The molecule has 0 radical (unpaired) electrons. The molecule has 1 heterocycles. The summed E-state index contributed by atoms with van der Waals surface area (Å²) in [7, 11) is 0. The average molecular weight is 343 g/mol. The van der Waals surface area contributed by atoms with Gasteiger partial charge in [0.2, 0.25) is 5.91 Å². The van der Waals surface area contributed by atoms with Crippen LogP contribution in [0.4, 0.5) is 0 Å². The van der Waals surface area contributed by atoms with E-state index in [0.29, 0.717) is 17.8 Å². The van der Waals surface area contributed by atoms with Crippen LogP contribution < -0.4 is 10.6 Å². The van der Waals surface area contributed by atoms with Crippen LogP contribution in [-0.4, -0.2) is 40.6 Å². The Hall–Kier alpha value is -2.47. The van der Waals surface area contributed by atoms with Gasteiger partial charge >= 0.3 is 0 Å². The molecule has 0 spiro atoms. The zero-order valence-electron chi connectivity index (χ0n) is 14.8. The standard InChI is InChI=1S/C19H25N3O3/c1-12(2)8-10-21-18(24)16(13(3)23)22-19(25)17-15-7-5-4-6-14(15)9-11-20-17/h4-7,9,11-13,16,23H,8,10H2,1-3H3,(H,21,24)(H,22,25)/t13-,16+/m1/s1. The van der Waals surface area contributed by atoms with Crippen LogP contribution in [0.15, 0.2) is 36.5 Å². The molecular formula is C19H25N3O3. The maximum atomic E-state index is 12.6. The number of pyridine rings is 1. The summed E-state index contributed by atoms with van der Waals surface area (Å²) in [4.78, 5) is 29.0.